The molecule has 0 aliphatic carbocycles. The van der Waals surface area contributed by atoms with Crippen molar-refractivity contribution < 1.29 is 19.1 Å². The molecule has 3 heterocycles. The molecule has 27 heavy (non-hydrogen) atoms. The zero-order valence-corrected chi connectivity index (χ0v) is 16.1. The van der Waals surface area contributed by atoms with Crippen molar-refractivity contribution in [3.05, 3.63) is 18.7 Å². The quantitative estimate of drug-likeness (QED) is 0.717. The normalized spacial score (nSPS) is 24.0. The van der Waals surface area contributed by atoms with E-state index >= 15 is 0 Å². The molecule has 148 valence electrons. The van der Waals surface area contributed by atoms with Gasteiger partial charge in [-0.05, 0) is 20.9 Å². The molecule has 0 N–H and O–H groups in total. The van der Waals surface area contributed by atoms with Gasteiger partial charge in [0, 0.05) is 12.6 Å². The van der Waals surface area contributed by atoms with E-state index in [0.29, 0.717) is 45.1 Å². The SMILES string of the molecule is CC(C)N(C)CC(=O)N1CCOCC2(C1)CN(c1cncnc1)C(=O)CO2. The van der Waals surface area contributed by atoms with E-state index in [-0.39, 0.29) is 24.5 Å². The molecule has 2 fully saturated rings. The first-order chi connectivity index (χ1) is 12.9. The van der Waals surface area contributed by atoms with Crippen LogP contribution in [0.2, 0.25) is 0 Å². The summed E-state index contributed by atoms with van der Waals surface area (Å²) >= 11 is 0. The van der Waals surface area contributed by atoms with E-state index in [0.717, 1.165) is 0 Å². The summed E-state index contributed by atoms with van der Waals surface area (Å²) in [6.45, 7) is 6.34. The highest BCUT2D eigenvalue weighted by molar-refractivity contribution is 5.95. The van der Waals surface area contributed by atoms with Gasteiger partial charge in [-0.2, -0.15) is 0 Å². The number of hydrogen-bond donors (Lipinski definition) is 0. The Balaban J connectivity index is 1.75. The number of aromatic nitrogens is 2. The van der Waals surface area contributed by atoms with Crippen molar-refractivity contribution in [1.82, 2.24) is 19.8 Å². The lowest BCUT2D eigenvalue weighted by Crippen LogP contribution is -2.61. The van der Waals surface area contributed by atoms with Gasteiger partial charge in [-0.15, -0.1) is 0 Å². The molecule has 1 aromatic rings. The Morgan fingerprint density at radius 2 is 2.07 bits per heavy atom. The number of ether oxygens (including phenoxy) is 2. The number of anilines is 1. The first-order valence-corrected chi connectivity index (χ1v) is 9.15. The smallest absolute Gasteiger partial charge is 0.253 e. The fourth-order valence-corrected chi connectivity index (χ4v) is 3.18. The molecular weight excluding hydrogens is 350 g/mol. The summed E-state index contributed by atoms with van der Waals surface area (Å²) in [4.78, 5) is 38.5. The van der Waals surface area contributed by atoms with Crippen LogP contribution < -0.4 is 4.90 Å². The third kappa shape index (κ3) is 4.60. The van der Waals surface area contributed by atoms with E-state index in [9.17, 15) is 9.59 Å². The highest BCUT2D eigenvalue weighted by Gasteiger charge is 2.44. The van der Waals surface area contributed by atoms with Gasteiger partial charge in [0.05, 0.1) is 50.9 Å². The second-order valence-corrected chi connectivity index (χ2v) is 7.42. The Bertz CT molecular complexity index is 671. The highest BCUT2D eigenvalue weighted by atomic mass is 16.6. The molecule has 1 unspecified atom stereocenters. The van der Waals surface area contributed by atoms with Crippen LogP contribution in [0.5, 0.6) is 0 Å². The van der Waals surface area contributed by atoms with E-state index in [1.54, 1.807) is 22.2 Å². The molecule has 3 rings (SSSR count). The molecule has 9 nitrogen and oxygen atoms in total. The minimum absolute atomic E-state index is 0.0335. The molecule has 2 aliphatic heterocycles. The van der Waals surface area contributed by atoms with Gasteiger partial charge in [0.1, 0.15) is 18.5 Å². The second kappa shape index (κ2) is 8.28. The Kier molecular flexibility index (Phi) is 6.03. The fraction of sp³-hybridized carbons (Fsp3) is 0.667. The van der Waals surface area contributed by atoms with Gasteiger partial charge >= 0.3 is 0 Å². The van der Waals surface area contributed by atoms with E-state index in [4.69, 9.17) is 9.47 Å². The molecule has 0 bridgehead atoms. The van der Waals surface area contributed by atoms with Gasteiger partial charge in [-0.1, -0.05) is 0 Å². The maximum absolute atomic E-state index is 12.8. The summed E-state index contributed by atoms with van der Waals surface area (Å²) < 4.78 is 11.7. The molecule has 1 aromatic heterocycles. The molecule has 2 aliphatic rings. The molecule has 0 radical (unpaired) electrons. The summed E-state index contributed by atoms with van der Waals surface area (Å²) in [5, 5.41) is 0. The maximum atomic E-state index is 12.8. The molecule has 1 atom stereocenters. The standard InChI is InChI=1S/C18H27N5O4/c1-14(2)21(3)8-16(24)22-4-5-26-12-18(10-22)11-23(17(25)9-27-18)15-6-19-13-20-7-15/h6-7,13-14H,4-5,8-12H2,1-3H3. The summed E-state index contributed by atoms with van der Waals surface area (Å²) in [5.41, 5.74) is -0.140. The predicted octanol–water partition coefficient (Wildman–Crippen LogP) is -0.222. The fourth-order valence-electron chi connectivity index (χ4n) is 3.18. The summed E-state index contributed by atoms with van der Waals surface area (Å²) in [6, 6.07) is 0.281. The van der Waals surface area contributed by atoms with Crippen LogP contribution in [0.3, 0.4) is 0 Å². The number of morpholine rings is 1. The van der Waals surface area contributed by atoms with Crippen LogP contribution in [-0.4, -0.2) is 96.3 Å². The molecule has 1 spiro atoms. The van der Waals surface area contributed by atoms with Gasteiger partial charge in [0.25, 0.3) is 5.91 Å². The number of rotatable bonds is 4. The molecule has 2 amide bonds. The number of amides is 2. The molecule has 2 saturated heterocycles. The molecule has 0 saturated carbocycles. The van der Waals surface area contributed by atoms with Crippen molar-refractivity contribution in [2.45, 2.75) is 25.5 Å². The number of carbonyl (C=O) groups excluding carboxylic acids is 2. The van der Waals surface area contributed by atoms with E-state index in [1.165, 1.54) is 6.33 Å². The molecule has 0 aromatic carbocycles. The van der Waals surface area contributed by atoms with Gasteiger partial charge in [0.15, 0.2) is 0 Å². The molecular formula is C18H27N5O4. The summed E-state index contributed by atoms with van der Waals surface area (Å²) in [7, 11) is 1.93. The summed E-state index contributed by atoms with van der Waals surface area (Å²) in [6.07, 6.45) is 4.62. The zero-order valence-electron chi connectivity index (χ0n) is 16.1. The second-order valence-electron chi connectivity index (χ2n) is 7.42. The highest BCUT2D eigenvalue weighted by Crippen LogP contribution is 2.26. The van der Waals surface area contributed by atoms with Crippen LogP contribution in [0.15, 0.2) is 18.7 Å². The van der Waals surface area contributed by atoms with Gasteiger partial charge in [0.2, 0.25) is 5.91 Å². The number of nitrogens with zero attached hydrogens (tertiary/aromatic N) is 5. The van der Waals surface area contributed by atoms with E-state index in [2.05, 4.69) is 23.8 Å². The van der Waals surface area contributed by atoms with Crippen LogP contribution in [0.4, 0.5) is 5.69 Å². The number of likely N-dealkylation sites (N-methyl/N-ethyl adjacent to an activating group) is 1. The van der Waals surface area contributed by atoms with Crippen molar-refractivity contribution >= 4 is 17.5 Å². The van der Waals surface area contributed by atoms with E-state index in [1.807, 2.05) is 11.9 Å². The average Bonchev–Trinajstić information content (AvgIpc) is 2.87. The largest absolute Gasteiger partial charge is 0.376 e. The third-order valence-corrected chi connectivity index (χ3v) is 5.08. The predicted molar refractivity (Wildman–Crippen MR) is 98.2 cm³/mol. The van der Waals surface area contributed by atoms with Crippen molar-refractivity contribution in [2.75, 3.05) is 57.9 Å². The zero-order chi connectivity index (χ0) is 19.4. The first-order valence-electron chi connectivity index (χ1n) is 9.15. The average molecular weight is 377 g/mol. The van der Waals surface area contributed by atoms with Gasteiger partial charge in [-0.25, -0.2) is 9.97 Å². The topological polar surface area (TPSA) is 88.1 Å². The Morgan fingerprint density at radius 3 is 2.78 bits per heavy atom. The molecule has 9 heteroatoms. The lowest BCUT2D eigenvalue weighted by atomic mass is 10.0. The minimum atomic E-state index is -0.758. The number of carbonyl (C=O) groups is 2. The summed E-state index contributed by atoms with van der Waals surface area (Å²) in [5.74, 6) is -0.122. The van der Waals surface area contributed by atoms with Crippen LogP contribution in [0.1, 0.15) is 13.8 Å². The minimum Gasteiger partial charge on any atom is -0.376 e. The van der Waals surface area contributed by atoms with Crippen molar-refractivity contribution in [3.8, 4) is 0 Å². The van der Waals surface area contributed by atoms with E-state index < -0.39 is 5.60 Å². The van der Waals surface area contributed by atoms with Gasteiger partial charge in [-0.3, -0.25) is 14.5 Å². The lowest BCUT2D eigenvalue weighted by Gasteiger charge is -2.42. The van der Waals surface area contributed by atoms with Crippen LogP contribution in [0.25, 0.3) is 0 Å². The Labute approximate surface area is 159 Å². The van der Waals surface area contributed by atoms with Gasteiger partial charge < -0.3 is 19.3 Å². The van der Waals surface area contributed by atoms with Crippen LogP contribution in [-0.2, 0) is 19.1 Å². The Hall–Kier alpha value is -2.10. The van der Waals surface area contributed by atoms with Crippen molar-refractivity contribution in [3.63, 3.8) is 0 Å². The maximum Gasteiger partial charge on any atom is 0.253 e. The van der Waals surface area contributed by atoms with Crippen LogP contribution in [0, 0.1) is 0 Å². The van der Waals surface area contributed by atoms with Crippen LogP contribution >= 0.6 is 0 Å². The Morgan fingerprint density at radius 1 is 1.33 bits per heavy atom. The lowest BCUT2D eigenvalue weighted by molar-refractivity contribution is -0.150. The van der Waals surface area contributed by atoms with Crippen molar-refractivity contribution in [1.29, 1.82) is 0 Å². The first kappa shape index (κ1) is 19.7. The monoisotopic (exact) mass is 377 g/mol. The number of hydrogen-bond acceptors (Lipinski definition) is 7. The van der Waals surface area contributed by atoms with Crippen molar-refractivity contribution in [2.24, 2.45) is 0 Å². The third-order valence-electron chi connectivity index (χ3n) is 5.08.